The molecule has 5 heteroatoms. The highest BCUT2D eigenvalue weighted by molar-refractivity contribution is 5.87. The van der Waals surface area contributed by atoms with Crippen molar-refractivity contribution in [1.82, 2.24) is 5.32 Å². The summed E-state index contributed by atoms with van der Waals surface area (Å²) in [4.78, 5) is 11.1. The van der Waals surface area contributed by atoms with Crippen LogP contribution in [0.4, 0.5) is 5.69 Å². The number of carbonyl (C=O) groups is 1. The predicted molar refractivity (Wildman–Crippen MR) is 65.0 cm³/mol. The zero-order chi connectivity index (χ0) is 12.8. The van der Waals surface area contributed by atoms with E-state index < -0.39 is 18.1 Å². The number of aliphatic hydroxyl groups excluding tert-OH is 2. The Kier molecular flexibility index (Phi) is 4.68. The number of aliphatic hydroxyl groups is 2. The fourth-order valence-corrected chi connectivity index (χ4v) is 1.39. The minimum absolute atomic E-state index is 0.370. The van der Waals surface area contributed by atoms with Crippen molar-refractivity contribution < 1.29 is 15.0 Å². The molecule has 0 fully saturated rings. The van der Waals surface area contributed by atoms with Crippen LogP contribution in [0.5, 0.6) is 0 Å². The molecule has 0 saturated heterocycles. The number of amides is 1. The lowest BCUT2D eigenvalue weighted by Crippen LogP contribution is -2.41. The van der Waals surface area contributed by atoms with Gasteiger partial charge in [-0.05, 0) is 23.8 Å². The fourth-order valence-electron chi connectivity index (χ4n) is 1.39. The van der Waals surface area contributed by atoms with Gasteiger partial charge in [-0.15, -0.1) is 0 Å². The van der Waals surface area contributed by atoms with Gasteiger partial charge >= 0.3 is 0 Å². The van der Waals surface area contributed by atoms with Crippen molar-refractivity contribution in [3.05, 3.63) is 42.5 Å². The highest BCUT2D eigenvalue weighted by Crippen LogP contribution is 2.18. The Morgan fingerprint density at radius 2 is 2.06 bits per heavy atom. The summed E-state index contributed by atoms with van der Waals surface area (Å²) in [5, 5.41) is 21.5. The lowest BCUT2D eigenvalue weighted by atomic mass is 10.0. The SMILES string of the molecule is C=CC(=O)NC(CO)C(O)c1ccc(N)cc1. The first-order valence-electron chi connectivity index (χ1n) is 5.15. The second-order valence-corrected chi connectivity index (χ2v) is 3.61. The molecule has 0 aliphatic rings. The molecule has 0 heterocycles. The van der Waals surface area contributed by atoms with Crippen LogP contribution in [0.1, 0.15) is 11.7 Å². The second kappa shape index (κ2) is 6.03. The Bertz CT molecular complexity index is 389. The van der Waals surface area contributed by atoms with Gasteiger partial charge in [-0.3, -0.25) is 4.79 Å². The molecule has 17 heavy (non-hydrogen) atoms. The number of hydrogen-bond donors (Lipinski definition) is 4. The Morgan fingerprint density at radius 3 is 2.53 bits per heavy atom. The van der Waals surface area contributed by atoms with Gasteiger partial charge in [0.05, 0.1) is 12.6 Å². The molecule has 0 aliphatic heterocycles. The van der Waals surface area contributed by atoms with Crippen LogP contribution < -0.4 is 11.1 Å². The summed E-state index contributed by atoms with van der Waals surface area (Å²) in [7, 11) is 0. The number of nitrogens with one attached hydrogen (secondary N) is 1. The average molecular weight is 236 g/mol. The Labute approximate surface area is 99.6 Å². The van der Waals surface area contributed by atoms with Crippen LogP contribution in [0.2, 0.25) is 0 Å². The molecular formula is C12H16N2O3. The molecule has 0 saturated carbocycles. The maximum atomic E-state index is 11.1. The number of nitrogen functional groups attached to an aromatic ring is 1. The molecule has 0 aromatic heterocycles. The highest BCUT2D eigenvalue weighted by Gasteiger charge is 2.21. The van der Waals surface area contributed by atoms with Crippen molar-refractivity contribution in [2.24, 2.45) is 0 Å². The Hall–Kier alpha value is -1.85. The van der Waals surface area contributed by atoms with Crippen LogP contribution in [0.25, 0.3) is 0 Å². The summed E-state index contributed by atoms with van der Waals surface area (Å²) in [6.07, 6.45) is 0.0859. The summed E-state index contributed by atoms with van der Waals surface area (Å²) in [6, 6.07) is 5.79. The first-order chi connectivity index (χ1) is 8.08. The van der Waals surface area contributed by atoms with E-state index in [4.69, 9.17) is 10.8 Å². The summed E-state index contributed by atoms with van der Waals surface area (Å²) < 4.78 is 0. The molecule has 1 aromatic rings. The number of hydrogen-bond acceptors (Lipinski definition) is 4. The molecule has 2 unspecified atom stereocenters. The van der Waals surface area contributed by atoms with E-state index in [1.165, 1.54) is 0 Å². The van der Waals surface area contributed by atoms with Crippen molar-refractivity contribution in [3.8, 4) is 0 Å². The standard InChI is InChI=1S/C12H16N2O3/c1-2-11(16)14-10(7-15)12(17)8-3-5-9(13)6-4-8/h2-6,10,12,15,17H,1,7,13H2,(H,14,16). The smallest absolute Gasteiger partial charge is 0.243 e. The summed E-state index contributed by atoms with van der Waals surface area (Å²) in [6.45, 7) is 2.93. The predicted octanol–water partition coefficient (Wildman–Crippen LogP) is -0.0347. The van der Waals surface area contributed by atoms with Crippen LogP contribution >= 0.6 is 0 Å². The number of anilines is 1. The molecule has 0 bridgehead atoms. The van der Waals surface area contributed by atoms with Gasteiger partial charge in [0.2, 0.25) is 5.91 Å². The lowest BCUT2D eigenvalue weighted by molar-refractivity contribution is -0.118. The van der Waals surface area contributed by atoms with Gasteiger partial charge in [-0.1, -0.05) is 18.7 Å². The molecule has 1 aromatic carbocycles. The van der Waals surface area contributed by atoms with Crippen molar-refractivity contribution in [1.29, 1.82) is 0 Å². The van der Waals surface area contributed by atoms with Gasteiger partial charge in [0, 0.05) is 5.69 Å². The van der Waals surface area contributed by atoms with E-state index in [0.29, 0.717) is 11.3 Å². The molecule has 2 atom stereocenters. The van der Waals surface area contributed by atoms with Crippen LogP contribution in [-0.4, -0.2) is 28.8 Å². The topological polar surface area (TPSA) is 95.6 Å². The van der Waals surface area contributed by atoms with Gasteiger partial charge in [0.25, 0.3) is 0 Å². The maximum Gasteiger partial charge on any atom is 0.243 e. The zero-order valence-electron chi connectivity index (χ0n) is 9.34. The number of nitrogens with two attached hydrogens (primary N) is 1. The van der Waals surface area contributed by atoms with E-state index in [-0.39, 0.29) is 6.61 Å². The van der Waals surface area contributed by atoms with E-state index in [2.05, 4.69) is 11.9 Å². The van der Waals surface area contributed by atoms with Crippen molar-refractivity contribution in [3.63, 3.8) is 0 Å². The molecule has 92 valence electrons. The summed E-state index contributed by atoms with van der Waals surface area (Å²) >= 11 is 0. The van der Waals surface area contributed by atoms with Gasteiger partial charge in [-0.25, -0.2) is 0 Å². The molecular weight excluding hydrogens is 220 g/mol. The summed E-state index contributed by atoms with van der Waals surface area (Å²) in [5.41, 5.74) is 6.68. The third kappa shape index (κ3) is 3.58. The largest absolute Gasteiger partial charge is 0.399 e. The Morgan fingerprint density at radius 1 is 1.47 bits per heavy atom. The van der Waals surface area contributed by atoms with Crippen LogP contribution in [0.15, 0.2) is 36.9 Å². The summed E-state index contributed by atoms with van der Waals surface area (Å²) in [5.74, 6) is -0.446. The van der Waals surface area contributed by atoms with Crippen LogP contribution in [0, 0.1) is 0 Å². The van der Waals surface area contributed by atoms with Gasteiger partial charge < -0.3 is 21.3 Å². The normalized spacial score (nSPS) is 13.8. The van der Waals surface area contributed by atoms with E-state index in [9.17, 15) is 9.90 Å². The Balaban J connectivity index is 2.78. The minimum atomic E-state index is -0.996. The third-order valence-corrected chi connectivity index (χ3v) is 2.37. The maximum absolute atomic E-state index is 11.1. The van der Waals surface area contributed by atoms with E-state index in [1.54, 1.807) is 24.3 Å². The minimum Gasteiger partial charge on any atom is -0.399 e. The number of benzene rings is 1. The van der Waals surface area contributed by atoms with Crippen molar-refractivity contribution in [2.75, 3.05) is 12.3 Å². The molecule has 0 spiro atoms. The zero-order valence-corrected chi connectivity index (χ0v) is 9.34. The second-order valence-electron chi connectivity index (χ2n) is 3.61. The molecule has 1 amide bonds. The fraction of sp³-hybridized carbons (Fsp3) is 0.250. The van der Waals surface area contributed by atoms with Gasteiger partial charge in [0.15, 0.2) is 0 Å². The van der Waals surface area contributed by atoms with Crippen LogP contribution in [-0.2, 0) is 4.79 Å². The highest BCUT2D eigenvalue weighted by atomic mass is 16.3. The molecule has 0 aliphatic carbocycles. The van der Waals surface area contributed by atoms with Gasteiger partial charge in [-0.2, -0.15) is 0 Å². The molecule has 1 rings (SSSR count). The first-order valence-corrected chi connectivity index (χ1v) is 5.15. The van der Waals surface area contributed by atoms with Crippen molar-refractivity contribution in [2.45, 2.75) is 12.1 Å². The van der Waals surface area contributed by atoms with Crippen molar-refractivity contribution >= 4 is 11.6 Å². The first kappa shape index (κ1) is 13.2. The monoisotopic (exact) mass is 236 g/mol. The lowest BCUT2D eigenvalue weighted by Gasteiger charge is -2.22. The van der Waals surface area contributed by atoms with Gasteiger partial charge in [0.1, 0.15) is 6.10 Å². The quantitative estimate of drug-likeness (QED) is 0.426. The molecule has 5 nitrogen and oxygen atoms in total. The third-order valence-electron chi connectivity index (χ3n) is 2.37. The van der Waals surface area contributed by atoms with E-state index >= 15 is 0 Å². The van der Waals surface area contributed by atoms with Crippen LogP contribution in [0.3, 0.4) is 0 Å². The molecule has 0 radical (unpaired) electrons. The average Bonchev–Trinajstić information content (AvgIpc) is 2.35. The van der Waals surface area contributed by atoms with E-state index in [1.807, 2.05) is 0 Å². The van der Waals surface area contributed by atoms with E-state index in [0.717, 1.165) is 6.08 Å². The number of carbonyl (C=O) groups excluding carboxylic acids is 1. The molecule has 5 N–H and O–H groups in total. The number of rotatable bonds is 5.